The van der Waals surface area contributed by atoms with E-state index >= 15 is 0 Å². The van der Waals surface area contributed by atoms with Crippen LogP contribution in [0.15, 0.2) is 36.5 Å². The highest BCUT2D eigenvalue weighted by molar-refractivity contribution is 6.04. The molecule has 2 rings (SSSR count). The summed E-state index contributed by atoms with van der Waals surface area (Å²) in [4.78, 5) is 16.4. The Morgan fingerprint density at radius 2 is 2.14 bits per heavy atom. The van der Waals surface area contributed by atoms with E-state index in [1.165, 1.54) is 0 Å². The minimum atomic E-state index is -0.207. The van der Waals surface area contributed by atoms with Gasteiger partial charge in [-0.3, -0.25) is 9.78 Å². The Kier molecular flexibility index (Phi) is 4.70. The van der Waals surface area contributed by atoms with Crippen molar-refractivity contribution in [2.24, 2.45) is 0 Å². The topological polar surface area (TPSA) is 62.2 Å². The Hall–Kier alpha value is -2.64. The molecule has 1 heterocycles. The average Bonchev–Trinajstić information content (AvgIpc) is 2.47. The third kappa shape index (κ3) is 3.91. The minimum absolute atomic E-state index is 0.204. The van der Waals surface area contributed by atoms with E-state index in [2.05, 4.69) is 22.1 Å². The van der Waals surface area contributed by atoms with E-state index in [4.69, 9.17) is 5.11 Å². The lowest BCUT2D eigenvalue weighted by atomic mass is 10.1. The normalized spacial score (nSPS) is 9.67. The van der Waals surface area contributed by atoms with E-state index < -0.39 is 0 Å². The zero-order valence-electron chi connectivity index (χ0n) is 12.0. The fourth-order valence-electron chi connectivity index (χ4n) is 1.94. The van der Waals surface area contributed by atoms with Gasteiger partial charge in [-0.1, -0.05) is 11.8 Å². The molecule has 0 fully saturated rings. The molecular formula is C17H16N2O2. The van der Waals surface area contributed by atoms with Gasteiger partial charge < -0.3 is 10.4 Å². The van der Waals surface area contributed by atoms with Crippen molar-refractivity contribution in [3.63, 3.8) is 0 Å². The number of carbonyl (C=O) groups excluding carboxylic acids is 1. The lowest BCUT2D eigenvalue weighted by Gasteiger charge is -2.08. The summed E-state index contributed by atoms with van der Waals surface area (Å²) < 4.78 is 0. The zero-order chi connectivity index (χ0) is 15.2. The number of rotatable bonds is 2. The molecule has 0 atom stereocenters. The predicted molar refractivity (Wildman–Crippen MR) is 82.1 cm³/mol. The Labute approximate surface area is 123 Å². The molecule has 1 aromatic heterocycles. The summed E-state index contributed by atoms with van der Waals surface area (Å²) in [5.41, 5.74) is 3.62. The highest BCUT2D eigenvalue weighted by Crippen LogP contribution is 2.14. The predicted octanol–water partition coefficient (Wildman–Crippen LogP) is 2.29. The van der Waals surface area contributed by atoms with Gasteiger partial charge in [0.1, 0.15) is 6.61 Å². The SMILES string of the molecule is Cc1cc(C#CCO)cc(C(=O)Nc2cccnc2C)c1. The monoisotopic (exact) mass is 280 g/mol. The number of hydrogen-bond acceptors (Lipinski definition) is 3. The second-order valence-corrected chi connectivity index (χ2v) is 4.64. The van der Waals surface area contributed by atoms with Crippen LogP contribution in [0.1, 0.15) is 27.2 Å². The van der Waals surface area contributed by atoms with E-state index in [9.17, 15) is 4.79 Å². The van der Waals surface area contributed by atoms with Crippen LogP contribution in [0.4, 0.5) is 5.69 Å². The van der Waals surface area contributed by atoms with Crippen LogP contribution >= 0.6 is 0 Å². The molecule has 0 saturated carbocycles. The number of benzene rings is 1. The Balaban J connectivity index is 2.27. The fourth-order valence-corrected chi connectivity index (χ4v) is 1.94. The zero-order valence-corrected chi connectivity index (χ0v) is 12.0. The molecule has 0 unspecified atom stereocenters. The summed E-state index contributed by atoms with van der Waals surface area (Å²) in [5, 5.41) is 11.6. The lowest BCUT2D eigenvalue weighted by molar-refractivity contribution is 0.102. The first kappa shape index (κ1) is 14.8. The molecule has 21 heavy (non-hydrogen) atoms. The van der Waals surface area contributed by atoms with E-state index in [-0.39, 0.29) is 12.5 Å². The minimum Gasteiger partial charge on any atom is -0.384 e. The molecule has 0 bridgehead atoms. The van der Waals surface area contributed by atoms with Crippen molar-refractivity contribution in [2.75, 3.05) is 11.9 Å². The molecular weight excluding hydrogens is 264 g/mol. The number of pyridine rings is 1. The molecule has 0 aliphatic rings. The van der Waals surface area contributed by atoms with Gasteiger partial charge in [-0.25, -0.2) is 0 Å². The Morgan fingerprint density at radius 3 is 2.86 bits per heavy atom. The number of hydrogen-bond donors (Lipinski definition) is 2. The Bertz CT molecular complexity index is 727. The first-order valence-electron chi connectivity index (χ1n) is 6.54. The van der Waals surface area contributed by atoms with Gasteiger partial charge in [-0.05, 0) is 49.7 Å². The first-order chi connectivity index (χ1) is 10.1. The van der Waals surface area contributed by atoms with E-state index in [0.29, 0.717) is 16.8 Å². The number of aryl methyl sites for hydroxylation is 2. The molecule has 0 radical (unpaired) electrons. The maximum absolute atomic E-state index is 12.3. The van der Waals surface area contributed by atoms with E-state index in [1.807, 2.05) is 26.0 Å². The highest BCUT2D eigenvalue weighted by Gasteiger charge is 2.09. The highest BCUT2D eigenvalue weighted by atomic mass is 16.2. The molecule has 4 nitrogen and oxygen atoms in total. The lowest BCUT2D eigenvalue weighted by Crippen LogP contribution is -2.13. The van der Waals surface area contributed by atoms with Crippen LogP contribution in [-0.2, 0) is 0 Å². The van der Waals surface area contributed by atoms with E-state index in [1.54, 1.807) is 24.4 Å². The molecule has 1 aromatic carbocycles. The largest absolute Gasteiger partial charge is 0.384 e. The van der Waals surface area contributed by atoms with Crippen molar-refractivity contribution < 1.29 is 9.90 Å². The molecule has 0 aliphatic heterocycles. The average molecular weight is 280 g/mol. The van der Waals surface area contributed by atoms with Gasteiger partial charge in [0, 0.05) is 17.3 Å². The number of aromatic nitrogens is 1. The molecule has 1 amide bonds. The van der Waals surface area contributed by atoms with Crippen LogP contribution in [0.25, 0.3) is 0 Å². The summed E-state index contributed by atoms with van der Waals surface area (Å²) in [6.45, 7) is 3.53. The summed E-state index contributed by atoms with van der Waals surface area (Å²) in [6.07, 6.45) is 1.68. The van der Waals surface area contributed by atoms with Gasteiger partial charge in [-0.15, -0.1) is 0 Å². The molecule has 0 spiro atoms. The van der Waals surface area contributed by atoms with Crippen molar-refractivity contribution in [1.29, 1.82) is 0 Å². The fraction of sp³-hybridized carbons (Fsp3) is 0.176. The van der Waals surface area contributed by atoms with Crippen LogP contribution in [0, 0.1) is 25.7 Å². The maximum Gasteiger partial charge on any atom is 0.255 e. The summed E-state index contributed by atoms with van der Waals surface area (Å²) in [6, 6.07) is 8.95. The Morgan fingerprint density at radius 1 is 1.33 bits per heavy atom. The van der Waals surface area contributed by atoms with Crippen molar-refractivity contribution in [1.82, 2.24) is 4.98 Å². The van der Waals surface area contributed by atoms with Crippen LogP contribution in [-0.4, -0.2) is 22.6 Å². The van der Waals surface area contributed by atoms with Gasteiger partial charge in [0.05, 0.1) is 11.4 Å². The van der Waals surface area contributed by atoms with Crippen LogP contribution in [0.5, 0.6) is 0 Å². The van der Waals surface area contributed by atoms with Crippen molar-refractivity contribution in [3.8, 4) is 11.8 Å². The van der Waals surface area contributed by atoms with Crippen LogP contribution < -0.4 is 5.32 Å². The standard InChI is InChI=1S/C17H16N2O2/c1-12-9-14(5-4-8-20)11-15(10-12)17(21)19-16-6-3-7-18-13(16)2/h3,6-7,9-11,20H,8H2,1-2H3,(H,19,21). The van der Waals surface area contributed by atoms with Crippen molar-refractivity contribution in [2.45, 2.75) is 13.8 Å². The van der Waals surface area contributed by atoms with Crippen molar-refractivity contribution >= 4 is 11.6 Å². The summed E-state index contributed by atoms with van der Waals surface area (Å²) in [7, 11) is 0. The summed E-state index contributed by atoms with van der Waals surface area (Å²) in [5.74, 6) is 5.19. The molecule has 0 aliphatic carbocycles. The van der Waals surface area contributed by atoms with Crippen LogP contribution in [0.3, 0.4) is 0 Å². The van der Waals surface area contributed by atoms with Crippen molar-refractivity contribution in [3.05, 3.63) is 58.9 Å². The second-order valence-electron chi connectivity index (χ2n) is 4.64. The second kappa shape index (κ2) is 6.69. The molecule has 2 N–H and O–H groups in total. The van der Waals surface area contributed by atoms with Crippen LogP contribution in [0.2, 0.25) is 0 Å². The number of nitrogens with zero attached hydrogens (tertiary/aromatic N) is 1. The van der Waals surface area contributed by atoms with Gasteiger partial charge >= 0.3 is 0 Å². The molecule has 4 heteroatoms. The quantitative estimate of drug-likeness (QED) is 0.830. The summed E-state index contributed by atoms with van der Waals surface area (Å²) >= 11 is 0. The smallest absolute Gasteiger partial charge is 0.255 e. The first-order valence-corrected chi connectivity index (χ1v) is 6.54. The van der Waals surface area contributed by atoms with Gasteiger partial charge in [0.2, 0.25) is 0 Å². The number of nitrogens with one attached hydrogen (secondary N) is 1. The van der Waals surface area contributed by atoms with E-state index in [0.717, 1.165) is 11.3 Å². The van der Waals surface area contributed by atoms with Gasteiger partial charge in [-0.2, -0.15) is 0 Å². The maximum atomic E-state index is 12.3. The molecule has 0 saturated heterocycles. The number of anilines is 1. The van der Waals surface area contributed by atoms with Gasteiger partial charge in [0.25, 0.3) is 5.91 Å². The third-order valence-electron chi connectivity index (χ3n) is 2.91. The number of aliphatic hydroxyl groups excluding tert-OH is 1. The third-order valence-corrected chi connectivity index (χ3v) is 2.91. The molecule has 106 valence electrons. The number of amides is 1. The number of aliphatic hydroxyl groups is 1. The molecule has 2 aromatic rings. The van der Waals surface area contributed by atoms with Gasteiger partial charge in [0.15, 0.2) is 0 Å². The number of carbonyl (C=O) groups is 1.